The second kappa shape index (κ2) is 7.31. The van der Waals surface area contributed by atoms with Crippen LogP contribution in [0.25, 0.3) is 10.9 Å². The van der Waals surface area contributed by atoms with Gasteiger partial charge in [0.05, 0.1) is 16.2 Å². The molecule has 1 aromatic heterocycles. The van der Waals surface area contributed by atoms with E-state index in [9.17, 15) is 14.9 Å². The Morgan fingerprint density at radius 2 is 1.92 bits per heavy atom. The number of nitro groups is 1. The summed E-state index contributed by atoms with van der Waals surface area (Å²) in [6, 6.07) is 15.6. The van der Waals surface area contributed by atoms with E-state index in [2.05, 4.69) is 10.3 Å². The Hall–Kier alpha value is -2.93. The molecule has 0 fully saturated rings. The highest BCUT2D eigenvalue weighted by Crippen LogP contribution is 2.27. The number of fused-ring (bicyclic) bond motifs is 1. The lowest BCUT2D eigenvalue weighted by Crippen LogP contribution is -2.13. The van der Waals surface area contributed by atoms with Crippen LogP contribution in [0.1, 0.15) is 5.69 Å². The van der Waals surface area contributed by atoms with Gasteiger partial charge in [-0.25, -0.2) is 0 Å². The van der Waals surface area contributed by atoms with Crippen LogP contribution in [0.2, 0.25) is 0 Å². The van der Waals surface area contributed by atoms with Gasteiger partial charge in [0.25, 0.3) is 5.69 Å². The van der Waals surface area contributed by atoms with Gasteiger partial charge >= 0.3 is 0 Å². The number of nitrogens with one attached hydrogen (secondary N) is 1. The number of benzene rings is 2. The summed E-state index contributed by atoms with van der Waals surface area (Å²) < 4.78 is 0. The fraction of sp³-hybridized carbons (Fsp3) is 0.111. The minimum atomic E-state index is -0.475. The summed E-state index contributed by atoms with van der Waals surface area (Å²) in [7, 11) is 0. The van der Waals surface area contributed by atoms with E-state index in [1.807, 2.05) is 37.3 Å². The molecule has 1 heterocycles. The van der Waals surface area contributed by atoms with Crippen LogP contribution in [0.4, 0.5) is 11.4 Å². The van der Waals surface area contributed by atoms with Crippen molar-refractivity contribution in [2.75, 3.05) is 11.1 Å². The summed E-state index contributed by atoms with van der Waals surface area (Å²) >= 11 is 1.41. The lowest BCUT2D eigenvalue weighted by Gasteiger charge is -2.07. The topological polar surface area (TPSA) is 85.1 Å². The molecule has 0 aliphatic rings. The Bertz CT molecular complexity index is 942. The lowest BCUT2D eigenvalue weighted by molar-refractivity contribution is -0.384. The summed E-state index contributed by atoms with van der Waals surface area (Å²) in [5.74, 6) is 0.0506. The Morgan fingerprint density at radius 3 is 2.64 bits per heavy atom. The van der Waals surface area contributed by atoms with Crippen molar-refractivity contribution in [2.45, 2.75) is 11.8 Å². The molecule has 7 heteroatoms. The van der Waals surface area contributed by atoms with Crippen molar-refractivity contribution >= 4 is 39.9 Å². The maximum Gasteiger partial charge on any atom is 0.269 e. The molecule has 0 spiro atoms. The molecular weight excluding hydrogens is 338 g/mol. The monoisotopic (exact) mass is 353 g/mol. The molecular formula is C18H15N3O3S. The number of nitrogens with zero attached hydrogens (tertiary/aromatic N) is 2. The Morgan fingerprint density at radius 1 is 1.16 bits per heavy atom. The normalized spacial score (nSPS) is 10.6. The van der Waals surface area contributed by atoms with Gasteiger partial charge in [-0.1, -0.05) is 18.2 Å². The van der Waals surface area contributed by atoms with Gasteiger partial charge in [0.2, 0.25) is 5.91 Å². The standard InChI is InChI=1S/C18H15N3O3S/c1-12-5-6-13-3-2-4-16(18(13)19-12)25-11-17(22)20-14-7-9-15(10-8-14)21(23)24/h2-10H,11H2,1H3,(H,20,22). The third-order valence-electron chi connectivity index (χ3n) is 3.54. The zero-order valence-corrected chi connectivity index (χ0v) is 14.2. The van der Waals surface area contributed by atoms with Crippen LogP contribution in [0.5, 0.6) is 0 Å². The van der Waals surface area contributed by atoms with Gasteiger partial charge in [-0.2, -0.15) is 0 Å². The second-order valence-electron chi connectivity index (χ2n) is 5.42. The molecule has 3 rings (SSSR count). The van der Waals surface area contributed by atoms with Gasteiger partial charge in [-0.3, -0.25) is 19.9 Å². The van der Waals surface area contributed by atoms with E-state index in [4.69, 9.17) is 0 Å². The first-order valence-electron chi connectivity index (χ1n) is 7.56. The molecule has 6 nitrogen and oxygen atoms in total. The highest BCUT2D eigenvalue weighted by molar-refractivity contribution is 8.00. The molecule has 0 radical (unpaired) electrons. The zero-order valence-electron chi connectivity index (χ0n) is 13.4. The largest absolute Gasteiger partial charge is 0.325 e. The number of aromatic nitrogens is 1. The molecule has 0 saturated carbocycles. The van der Waals surface area contributed by atoms with Gasteiger partial charge in [0.15, 0.2) is 0 Å². The molecule has 0 bridgehead atoms. The van der Waals surface area contributed by atoms with Crippen molar-refractivity contribution in [3.63, 3.8) is 0 Å². The smallest absolute Gasteiger partial charge is 0.269 e. The fourth-order valence-electron chi connectivity index (χ4n) is 2.34. The average molecular weight is 353 g/mol. The average Bonchev–Trinajstić information content (AvgIpc) is 2.60. The van der Waals surface area contributed by atoms with Crippen molar-refractivity contribution in [1.82, 2.24) is 4.98 Å². The number of nitro benzene ring substituents is 1. The van der Waals surface area contributed by atoms with E-state index in [0.717, 1.165) is 21.5 Å². The van der Waals surface area contributed by atoms with Gasteiger partial charge in [-0.05, 0) is 31.2 Å². The summed E-state index contributed by atoms with van der Waals surface area (Å²) in [5.41, 5.74) is 2.33. The number of aryl methyl sites for hydroxylation is 1. The van der Waals surface area contributed by atoms with Crippen molar-refractivity contribution in [3.05, 3.63) is 70.4 Å². The number of carbonyl (C=O) groups excluding carboxylic acids is 1. The van der Waals surface area contributed by atoms with Gasteiger partial charge < -0.3 is 5.32 Å². The SMILES string of the molecule is Cc1ccc2cccc(SCC(=O)Nc3ccc([N+](=O)[O-])cc3)c2n1. The van der Waals surface area contributed by atoms with Crippen LogP contribution in [-0.4, -0.2) is 21.6 Å². The first-order valence-corrected chi connectivity index (χ1v) is 8.55. The third kappa shape index (κ3) is 4.13. The number of hydrogen-bond acceptors (Lipinski definition) is 5. The van der Waals surface area contributed by atoms with E-state index in [-0.39, 0.29) is 17.3 Å². The van der Waals surface area contributed by atoms with Crippen LogP contribution < -0.4 is 5.32 Å². The molecule has 2 aromatic carbocycles. The number of pyridine rings is 1. The maximum atomic E-state index is 12.1. The number of para-hydroxylation sites is 1. The quantitative estimate of drug-likeness (QED) is 0.422. The zero-order chi connectivity index (χ0) is 17.8. The second-order valence-corrected chi connectivity index (χ2v) is 6.44. The third-order valence-corrected chi connectivity index (χ3v) is 4.59. The minimum absolute atomic E-state index is 0.00965. The highest BCUT2D eigenvalue weighted by atomic mass is 32.2. The van der Waals surface area contributed by atoms with Crippen LogP contribution in [0, 0.1) is 17.0 Å². The first-order chi connectivity index (χ1) is 12.0. The number of anilines is 1. The van der Waals surface area contributed by atoms with Crippen LogP contribution in [0.3, 0.4) is 0 Å². The summed E-state index contributed by atoms with van der Waals surface area (Å²) in [4.78, 5) is 27.8. The van der Waals surface area contributed by atoms with E-state index in [1.54, 1.807) is 0 Å². The van der Waals surface area contributed by atoms with Crippen LogP contribution in [0.15, 0.2) is 59.5 Å². The lowest BCUT2D eigenvalue weighted by atomic mass is 10.2. The van der Waals surface area contributed by atoms with Crippen molar-refractivity contribution in [3.8, 4) is 0 Å². The van der Waals surface area contributed by atoms with Gasteiger partial charge in [-0.15, -0.1) is 11.8 Å². The summed E-state index contributed by atoms with van der Waals surface area (Å²) in [6.07, 6.45) is 0. The van der Waals surface area contributed by atoms with Crippen molar-refractivity contribution < 1.29 is 9.72 Å². The number of amides is 1. The molecule has 126 valence electrons. The number of hydrogen-bond donors (Lipinski definition) is 1. The number of carbonyl (C=O) groups is 1. The van der Waals surface area contributed by atoms with Gasteiger partial charge in [0.1, 0.15) is 0 Å². The first kappa shape index (κ1) is 16.9. The molecule has 0 saturated heterocycles. The molecule has 1 N–H and O–H groups in total. The van der Waals surface area contributed by atoms with Gasteiger partial charge in [0, 0.05) is 33.8 Å². The van der Waals surface area contributed by atoms with E-state index in [1.165, 1.54) is 36.0 Å². The molecule has 0 aliphatic heterocycles. The van der Waals surface area contributed by atoms with E-state index >= 15 is 0 Å². The van der Waals surface area contributed by atoms with Crippen molar-refractivity contribution in [1.29, 1.82) is 0 Å². The highest BCUT2D eigenvalue weighted by Gasteiger charge is 2.09. The van der Waals surface area contributed by atoms with E-state index < -0.39 is 4.92 Å². The number of thioether (sulfide) groups is 1. The predicted molar refractivity (Wildman–Crippen MR) is 98.9 cm³/mol. The number of non-ortho nitro benzene ring substituents is 1. The minimum Gasteiger partial charge on any atom is -0.325 e. The molecule has 25 heavy (non-hydrogen) atoms. The van der Waals surface area contributed by atoms with Crippen LogP contribution >= 0.6 is 11.8 Å². The number of rotatable bonds is 5. The molecule has 3 aromatic rings. The summed E-state index contributed by atoms with van der Waals surface area (Å²) in [6.45, 7) is 1.93. The predicted octanol–water partition coefficient (Wildman–Crippen LogP) is 4.18. The molecule has 0 atom stereocenters. The molecule has 1 amide bonds. The van der Waals surface area contributed by atoms with E-state index in [0.29, 0.717) is 5.69 Å². The van der Waals surface area contributed by atoms with Crippen LogP contribution in [-0.2, 0) is 4.79 Å². The summed E-state index contributed by atoms with van der Waals surface area (Å²) in [5, 5.41) is 14.4. The maximum absolute atomic E-state index is 12.1. The Balaban J connectivity index is 1.66. The Kier molecular flexibility index (Phi) is 4.95. The molecule has 0 aliphatic carbocycles. The molecule has 0 unspecified atom stereocenters. The Labute approximate surface area is 148 Å². The van der Waals surface area contributed by atoms with Crippen molar-refractivity contribution in [2.24, 2.45) is 0 Å². The fourth-order valence-corrected chi connectivity index (χ4v) is 3.17.